The molecule has 0 saturated carbocycles. The Morgan fingerprint density at radius 3 is 2.62 bits per heavy atom. The zero-order valence-electron chi connectivity index (χ0n) is 12.8. The highest BCUT2D eigenvalue weighted by Gasteiger charge is 2.25. The standard InChI is InChI=1S/C15H23N3O.2ClH/c1-12(10-16-2)15(19)18-9-8-17(3)11-13-6-4-5-7-14(13)18;;/h4-7,12,16H,8-11H2,1-3H3;2*1H. The molecule has 0 aliphatic carbocycles. The van der Waals surface area contributed by atoms with Gasteiger partial charge in [-0.15, -0.1) is 24.8 Å². The molecule has 6 heteroatoms. The Morgan fingerprint density at radius 2 is 1.95 bits per heavy atom. The second-order valence-electron chi connectivity index (χ2n) is 5.32. The number of anilines is 1. The van der Waals surface area contributed by atoms with E-state index in [4.69, 9.17) is 0 Å². The lowest BCUT2D eigenvalue weighted by Gasteiger charge is -2.25. The molecule has 2 rings (SSSR count). The van der Waals surface area contributed by atoms with Gasteiger partial charge in [-0.05, 0) is 25.7 Å². The molecule has 1 aromatic carbocycles. The fourth-order valence-electron chi connectivity index (χ4n) is 2.56. The average molecular weight is 334 g/mol. The molecule has 1 unspecified atom stereocenters. The van der Waals surface area contributed by atoms with Crippen molar-refractivity contribution in [3.8, 4) is 0 Å². The van der Waals surface area contributed by atoms with Crippen molar-refractivity contribution in [2.45, 2.75) is 13.5 Å². The van der Waals surface area contributed by atoms with Crippen molar-refractivity contribution in [3.63, 3.8) is 0 Å². The summed E-state index contributed by atoms with van der Waals surface area (Å²) >= 11 is 0. The number of halogens is 2. The highest BCUT2D eigenvalue weighted by atomic mass is 35.5. The molecule has 0 radical (unpaired) electrons. The predicted octanol–water partition coefficient (Wildman–Crippen LogP) is 2.16. The Balaban J connectivity index is 0.00000200. The molecular weight excluding hydrogens is 309 g/mol. The van der Waals surface area contributed by atoms with E-state index in [0.29, 0.717) is 6.54 Å². The zero-order valence-corrected chi connectivity index (χ0v) is 14.5. The lowest BCUT2D eigenvalue weighted by Crippen LogP contribution is -2.41. The Hall–Kier alpha value is -0.810. The molecule has 1 atom stereocenters. The minimum atomic E-state index is 0. The van der Waals surface area contributed by atoms with Crippen LogP contribution in [0.3, 0.4) is 0 Å². The summed E-state index contributed by atoms with van der Waals surface area (Å²) in [5, 5.41) is 3.08. The smallest absolute Gasteiger partial charge is 0.231 e. The van der Waals surface area contributed by atoms with Crippen LogP contribution in [0.5, 0.6) is 0 Å². The lowest BCUT2D eigenvalue weighted by molar-refractivity contribution is -0.121. The SMILES string of the molecule is CNCC(C)C(=O)N1CCN(C)Cc2ccccc21.Cl.Cl. The van der Waals surface area contributed by atoms with Gasteiger partial charge in [0, 0.05) is 37.8 Å². The summed E-state index contributed by atoms with van der Waals surface area (Å²) in [7, 11) is 3.98. The Morgan fingerprint density at radius 1 is 1.29 bits per heavy atom. The van der Waals surface area contributed by atoms with Gasteiger partial charge in [0.25, 0.3) is 0 Å². The second-order valence-corrected chi connectivity index (χ2v) is 5.32. The minimum Gasteiger partial charge on any atom is -0.319 e. The third-order valence-electron chi connectivity index (χ3n) is 3.63. The van der Waals surface area contributed by atoms with Gasteiger partial charge in [0.2, 0.25) is 5.91 Å². The van der Waals surface area contributed by atoms with E-state index in [0.717, 1.165) is 25.3 Å². The van der Waals surface area contributed by atoms with Crippen molar-refractivity contribution < 1.29 is 4.79 Å². The van der Waals surface area contributed by atoms with E-state index in [1.807, 2.05) is 31.0 Å². The molecule has 1 N–H and O–H groups in total. The van der Waals surface area contributed by atoms with E-state index in [1.54, 1.807) is 0 Å². The van der Waals surface area contributed by atoms with Crippen molar-refractivity contribution in [1.82, 2.24) is 10.2 Å². The van der Waals surface area contributed by atoms with Crippen LogP contribution in [0.1, 0.15) is 12.5 Å². The minimum absolute atomic E-state index is 0. The van der Waals surface area contributed by atoms with E-state index in [9.17, 15) is 4.79 Å². The van der Waals surface area contributed by atoms with Crippen LogP contribution in [-0.2, 0) is 11.3 Å². The quantitative estimate of drug-likeness (QED) is 0.920. The molecule has 0 fully saturated rings. The summed E-state index contributed by atoms with van der Waals surface area (Å²) in [4.78, 5) is 16.8. The van der Waals surface area contributed by atoms with Crippen molar-refractivity contribution in [2.75, 3.05) is 38.6 Å². The molecule has 120 valence electrons. The number of para-hydroxylation sites is 1. The summed E-state index contributed by atoms with van der Waals surface area (Å²) in [6, 6.07) is 8.21. The highest BCUT2D eigenvalue weighted by Crippen LogP contribution is 2.25. The van der Waals surface area contributed by atoms with Crippen molar-refractivity contribution in [2.24, 2.45) is 5.92 Å². The molecule has 1 heterocycles. The van der Waals surface area contributed by atoms with Gasteiger partial charge in [-0.3, -0.25) is 4.79 Å². The first-order chi connectivity index (χ1) is 9.13. The number of nitrogens with zero attached hydrogens (tertiary/aromatic N) is 2. The third kappa shape index (κ3) is 4.85. The van der Waals surface area contributed by atoms with Gasteiger partial charge in [0.15, 0.2) is 0 Å². The Labute approximate surface area is 139 Å². The van der Waals surface area contributed by atoms with Gasteiger partial charge in [-0.2, -0.15) is 0 Å². The molecule has 0 spiro atoms. The van der Waals surface area contributed by atoms with Gasteiger partial charge in [0.05, 0.1) is 0 Å². The first-order valence-electron chi connectivity index (χ1n) is 6.86. The summed E-state index contributed by atoms with van der Waals surface area (Å²) in [6.45, 7) is 5.27. The largest absolute Gasteiger partial charge is 0.319 e. The number of nitrogens with one attached hydrogen (secondary N) is 1. The lowest BCUT2D eigenvalue weighted by atomic mass is 10.1. The Kier molecular flexibility index (Phi) is 8.90. The maximum absolute atomic E-state index is 12.6. The van der Waals surface area contributed by atoms with Crippen molar-refractivity contribution in [3.05, 3.63) is 29.8 Å². The van der Waals surface area contributed by atoms with Crippen LogP contribution in [0.2, 0.25) is 0 Å². The first-order valence-corrected chi connectivity index (χ1v) is 6.86. The molecule has 1 amide bonds. The van der Waals surface area contributed by atoms with Crippen LogP contribution in [0.25, 0.3) is 0 Å². The van der Waals surface area contributed by atoms with Crippen LogP contribution in [0, 0.1) is 5.92 Å². The molecule has 1 aliphatic rings. The topological polar surface area (TPSA) is 35.6 Å². The normalized spacial score (nSPS) is 16.0. The molecule has 0 aromatic heterocycles. The van der Waals surface area contributed by atoms with Crippen LogP contribution in [0.15, 0.2) is 24.3 Å². The van der Waals surface area contributed by atoms with Crippen LogP contribution >= 0.6 is 24.8 Å². The van der Waals surface area contributed by atoms with Gasteiger partial charge >= 0.3 is 0 Å². The number of amides is 1. The van der Waals surface area contributed by atoms with E-state index in [2.05, 4.69) is 29.4 Å². The number of fused-ring (bicyclic) bond motifs is 1. The average Bonchev–Trinajstić information content (AvgIpc) is 2.56. The van der Waals surface area contributed by atoms with Crippen LogP contribution in [-0.4, -0.2) is 44.5 Å². The molecule has 1 aliphatic heterocycles. The summed E-state index contributed by atoms with van der Waals surface area (Å²) < 4.78 is 0. The summed E-state index contributed by atoms with van der Waals surface area (Å²) in [6.07, 6.45) is 0. The number of hydrogen-bond acceptors (Lipinski definition) is 3. The van der Waals surface area contributed by atoms with Gasteiger partial charge < -0.3 is 15.1 Å². The molecule has 1 aromatic rings. The van der Waals surface area contributed by atoms with Crippen LogP contribution in [0.4, 0.5) is 5.69 Å². The van der Waals surface area contributed by atoms with E-state index < -0.39 is 0 Å². The summed E-state index contributed by atoms with van der Waals surface area (Å²) in [5.74, 6) is 0.207. The zero-order chi connectivity index (χ0) is 13.8. The second kappa shape index (κ2) is 9.26. The molecule has 0 bridgehead atoms. The summed E-state index contributed by atoms with van der Waals surface area (Å²) in [5.41, 5.74) is 2.30. The van der Waals surface area contributed by atoms with Gasteiger partial charge in [-0.1, -0.05) is 25.1 Å². The van der Waals surface area contributed by atoms with E-state index in [-0.39, 0.29) is 36.6 Å². The van der Waals surface area contributed by atoms with Gasteiger partial charge in [0.1, 0.15) is 0 Å². The third-order valence-corrected chi connectivity index (χ3v) is 3.63. The molecule has 4 nitrogen and oxygen atoms in total. The molecular formula is C15H25Cl2N3O. The van der Waals surface area contributed by atoms with E-state index in [1.165, 1.54) is 5.56 Å². The number of rotatable bonds is 3. The Bertz CT molecular complexity index is 456. The number of carbonyl (C=O) groups excluding carboxylic acids is 1. The molecule has 0 saturated heterocycles. The van der Waals surface area contributed by atoms with Crippen molar-refractivity contribution >= 4 is 36.4 Å². The van der Waals surface area contributed by atoms with Crippen molar-refractivity contribution in [1.29, 1.82) is 0 Å². The first kappa shape index (κ1) is 20.2. The predicted molar refractivity (Wildman–Crippen MR) is 92.7 cm³/mol. The highest BCUT2D eigenvalue weighted by molar-refractivity contribution is 5.95. The number of hydrogen-bond donors (Lipinski definition) is 1. The number of likely N-dealkylation sites (N-methyl/N-ethyl adjacent to an activating group) is 1. The van der Waals surface area contributed by atoms with Crippen LogP contribution < -0.4 is 10.2 Å². The maximum Gasteiger partial charge on any atom is 0.231 e. The monoisotopic (exact) mass is 333 g/mol. The number of carbonyl (C=O) groups is 1. The molecule has 21 heavy (non-hydrogen) atoms. The fourth-order valence-corrected chi connectivity index (χ4v) is 2.56. The van der Waals surface area contributed by atoms with E-state index >= 15 is 0 Å². The maximum atomic E-state index is 12.6. The fraction of sp³-hybridized carbons (Fsp3) is 0.533. The van der Waals surface area contributed by atoms with Gasteiger partial charge in [-0.25, -0.2) is 0 Å². The number of benzene rings is 1.